The van der Waals surface area contributed by atoms with Gasteiger partial charge in [0.2, 0.25) is 5.91 Å². The van der Waals surface area contributed by atoms with E-state index in [1.807, 2.05) is 37.3 Å². The molecule has 0 aromatic heterocycles. The van der Waals surface area contributed by atoms with Crippen molar-refractivity contribution in [1.82, 2.24) is 4.90 Å². The molecule has 2 atom stereocenters. The number of ether oxygens (including phenoxy) is 2. The highest BCUT2D eigenvalue weighted by molar-refractivity contribution is 5.95. The summed E-state index contributed by atoms with van der Waals surface area (Å²) < 4.78 is 9.73. The number of carbonyl (C=O) groups excluding carboxylic acids is 4. The predicted molar refractivity (Wildman–Crippen MR) is 112 cm³/mol. The zero-order chi connectivity index (χ0) is 22.4. The number of nitrogens with one attached hydrogen (secondary N) is 1. The summed E-state index contributed by atoms with van der Waals surface area (Å²) in [7, 11) is 1.28. The van der Waals surface area contributed by atoms with Gasteiger partial charge in [0.25, 0.3) is 5.91 Å². The average molecular weight is 424 g/mol. The van der Waals surface area contributed by atoms with Gasteiger partial charge in [-0.2, -0.15) is 0 Å². The normalized spacial score (nSPS) is 16.5. The minimum atomic E-state index is -0.606. The van der Waals surface area contributed by atoms with Crippen LogP contribution in [0.5, 0.6) is 0 Å². The number of anilines is 1. The maximum absolute atomic E-state index is 12.4. The van der Waals surface area contributed by atoms with Crippen LogP contribution in [0, 0.1) is 5.92 Å². The molecule has 2 aromatic carbocycles. The minimum absolute atomic E-state index is 0.0621. The fourth-order valence-electron chi connectivity index (χ4n) is 3.43. The Labute approximate surface area is 180 Å². The van der Waals surface area contributed by atoms with Gasteiger partial charge < -0.3 is 19.7 Å². The summed E-state index contributed by atoms with van der Waals surface area (Å²) in [6, 6.07) is 15.6. The number of carbonyl (C=O) groups is 4. The molecule has 1 fully saturated rings. The molecule has 0 bridgehead atoms. The number of rotatable bonds is 7. The van der Waals surface area contributed by atoms with Crippen LogP contribution in [0.1, 0.15) is 35.3 Å². The molecular weight excluding hydrogens is 400 g/mol. The van der Waals surface area contributed by atoms with E-state index >= 15 is 0 Å². The third-order valence-corrected chi connectivity index (χ3v) is 5.18. The highest BCUT2D eigenvalue weighted by Gasteiger charge is 2.38. The maximum atomic E-state index is 12.4. The van der Waals surface area contributed by atoms with E-state index in [0.717, 1.165) is 5.56 Å². The number of hydrogen-bond acceptors (Lipinski definition) is 6. The Hall–Kier alpha value is -3.68. The van der Waals surface area contributed by atoms with Crippen LogP contribution in [-0.4, -0.2) is 48.9 Å². The quantitative estimate of drug-likeness (QED) is 0.686. The first-order valence-electron chi connectivity index (χ1n) is 9.88. The van der Waals surface area contributed by atoms with E-state index in [1.54, 1.807) is 17.0 Å². The van der Waals surface area contributed by atoms with Crippen LogP contribution >= 0.6 is 0 Å². The Morgan fingerprint density at radius 1 is 1.10 bits per heavy atom. The second-order valence-corrected chi connectivity index (χ2v) is 7.26. The van der Waals surface area contributed by atoms with Gasteiger partial charge in [0, 0.05) is 18.7 Å². The Bertz CT molecular complexity index is 958. The second-order valence-electron chi connectivity index (χ2n) is 7.26. The average Bonchev–Trinajstić information content (AvgIpc) is 3.19. The van der Waals surface area contributed by atoms with Crippen LogP contribution < -0.4 is 5.32 Å². The third-order valence-electron chi connectivity index (χ3n) is 5.18. The number of hydrogen-bond donors (Lipinski definition) is 1. The topological polar surface area (TPSA) is 102 Å². The minimum Gasteiger partial charge on any atom is -0.465 e. The van der Waals surface area contributed by atoms with Gasteiger partial charge in [-0.1, -0.05) is 30.3 Å². The van der Waals surface area contributed by atoms with Crippen molar-refractivity contribution in [3.8, 4) is 0 Å². The predicted octanol–water partition coefficient (Wildman–Crippen LogP) is 2.56. The molecule has 162 valence electrons. The van der Waals surface area contributed by atoms with Crippen molar-refractivity contribution < 1.29 is 28.7 Å². The van der Waals surface area contributed by atoms with Crippen molar-refractivity contribution in [2.24, 2.45) is 5.92 Å². The molecule has 1 aliphatic heterocycles. The molecule has 8 heteroatoms. The summed E-state index contributed by atoms with van der Waals surface area (Å²) in [6.45, 7) is 1.71. The molecule has 0 spiro atoms. The molecule has 0 saturated carbocycles. The van der Waals surface area contributed by atoms with E-state index in [9.17, 15) is 19.2 Å². The van der Waals surface area contributed by atoms with Crippen molar-refractivity contribution in [3.05, 3.63) is 65.7 Å². The maximum Gasteiger partial charge on any atom is 0.337 e. The molecule has 3 rings (SSSR count). The first-order chi connectivity index (χ1) is 14.9. The molecule has 2 aromatic rings. The largest absolute Gasteiger partial charge is 0.465 e. The molecule has 0 radical (unpaired) electrons. The summed E-state index contributed by atoms with van der Waals surface area (Å²) in [4.78, 5) is 49.9. The lowest BCUT2D eigenvalue weighted by Gasteiger charge is -2.25. The first kappa shape index (κ1) is 22.0. The van der Waals surface area contributed by atoms with E-state index in [1.165, 1.54) is 19.2 Å². The molecule has 2 amide bonds. The van der Waals surface area contributed by atoms with Gasteiger partial charge in [0.15, 0.2) is 6.61 Å². The first-order valence-corrected chi connectivity index (χ1v) is 9.88. The fourth-order valence-corrected chi connectivity index (χ4v) is 3.43. The molecule has 1 aliphatic rings. The number of methoxy groups -OCH3 is 1. The zero-order valence-electron chi connectivity index (χ0n) is 17.4. The summed E-state index contributed by atoms with van der Waals surface area (Å²) in [5.74, 6) is -2.29. The van der Waals surface area contributed by atoms with Crippen LogP contribution in [-0.2, 0) is 23.9 Å². The third kappa shape index (κ3) is 5.48. The Morgan fingerprint density at radius 3 is 2.42 bits per heavy atom. The number of benzene rings is 2. The van der Waals surface area contributed by atoms with Crippen LogP contribution in [0.4, 0.5) is 5.69 Å². The summed E-state index contributed by atoms with van der Waals surface area (Å²) >= 11 is 0. The molecule has 8 nitrogen and oxygen atoms in total. The monoisotopic (exact) mass is 424 g/mol. The van der Waals surface area contributed by atoms with E-state index in [0.29, 0.717) is 11.3 Å². The molecule has 1 saturated heterocycles. The van der Waals surface area contributed by atoms with Crippen molar-refractivity contribution in [1.29, 1.82) is 0 Å². The summed E-state index contributed by atoms with van der Waals surface area (Å²) in [5.41, 5.74) is 1.79. The van der Waals surface area contributed by atoms with E-state index in [2.05, 4.69) is 10.1 Å². The highest BCUT2D eigenvalue weighted by atomic mass is 16.5. The van der Waals surface area contributed by atoms with Gasteiger partial charge in [0.05, 0.1) is 24.6 Å². The SMILES string of the molecule is COC(=O)c1ccc(NC(=O)COC(=O)[C@@H]2CC(=O)N([C@H](C)c3ccccc3)C2)cc1. The summed E-state index contributed by atoms with van der Waals surface area (Å²) in [5, 5.41) is 2.58. The Kier molecular flexibility index (Phi) is 7.02. The van der Waals surface area contributed by atoms with Gasteiger partial charge in [-0.25, -0.2) is 4.79 Å². The second kappa shape index (κ2) is 9.88. The van der Waals surface area contributed by atoms with Crippen LogP contribution in [0.15, 0.2) is 54.6 Å². The van der Waals surface area contributed by atoms with Crippen LogP contribution in [0.25, 0.3) is 0 Å². The van der Waals surface area contributed by atoms with E-state index in [4.69, 9.17) is 4.74 Å². The van der Waals surface area contributed by atoms with Gasteiger partial charge in [-0.15, -0.1) is 0 Å². The van der Waals surface area contributed by atoms with Crippen molar-refractivity contribution in [3.63, 3.8) is 0 Å². The number of amides is 2. The van der Waals surface area contributed by atoms with Gasteiger partial charge in [-0.05, 0) is 36.8 Å². The zero-order valence-corrected chi connectivity index (χ0v) is 17.4. The fraction of sp³-hybridized carbons (Fsp3) is 0.304. The van der Waals surface area contributed by atoms with Gasteiger partial charge in [-0.3, -0.25) is 14.4 Å². The highest BCUT2D eigenvalue weighted by Crippen LogP contribution is 2.29. The smallest absolute Gasteiger partial charge is 0.337 e. The molecule has 0 unspecified atom stereocenters. The molecule has 1 N–H and O–H groups in total. The van der Waals surface area contributed by atoms with Gasteiger partial charge in [0.1, 0.15) is 0 Å². The number of esters is 2. The molecular formula is C23H24N2O6. The van der Waals surface area contributed by atoms with Gasteiger partial charge >= 0.3 is 11.9 Å². The van der Waals surface area contributed by atoms with Crippen molar-refractivity contribution >= 4 is 29.4 Å². The van der Waals surface area contributed by atoms with Crippen molar-refractivity contribution in [2.45, 2.75) is 19.4 Å². The summed E-state index contributed by atoms with van der Waals surface area (Å²) in [6.07, 6.45) is 0.0621. The molecule has 31 heavy (non-hydrogen) atoms. The van der Waals surface area contributed by atoms with E-state index in [-0.39, 0.29) is 24.9 Å². The van der Waals surface area contributed by atoms with Crippen LogP contribution in [0.2, 0.25) is 0 Å². The van der Waals surface area contributed by atoms with Crippen LogP contribution in [0.3, 0.4) is 0 Å². The number of nitrogens with zero attached hydrogens (tertiary/aromatic N) is 1. The standard InChI is InChI=1S/C23H24N2O6/c1-15(16-6-4-3-5-7-16)25-13-18(12-21(25)27)23(29)31-14-20(26)24-19-10-8-17(9-11-19)22(28)30-2/h3-11,15,18H,12-14H2,1-2H3,(H,24,26)/t15-,18-/m1/s1. The molecule has 1 heterocycles. The Balaban J connectivity index is 1.48. The van der Waals surface area contributed by atoms with E-state index < -0.39 is 30.4 Å². The molecule has 0 aliphatic carbocycles. The Morgan fingerprint density at radius 2 is 1.77 bits per heavy atom. The van der Waals surface area contributed by atoms with Crippen molar-refractivity contribution in [2.75, 3.05) is 25.6 Å². The lowest BCUT2D eigenvalue weighted by molar-refractivity contribution is -0.151. The number of likely N-dealkylation sites (tertiary alicyclic amines) is 1. The lowest BCUT2D eigenvalue weighted by Crippen LogP contribution is -2.30. The lowest BCUT2D eigenvalue weighted by atomic mass is 10.1.